The first kappa shape index (κ1) is 54.8. The third kappa shape index (κ3) is 16.0. The fourth-order valence-electron chi connectivity index (χ4n) is 10.2. The summed E-state index contributed by atoms with van der Waals surface area (Å²) in [5.41, 5.74) is 2.34. The molecule has 15 nitrogen and oxygen atoms in total. The summed E-state index contributed by atoms with van der Waals surface area (Å²) in [5, 5.41) is 2.83. The fourth-order valence-corrected chi connectivity index (χ4v) is 10.2. The lowest BCUT2D eigenvalue weighted by Crippen LogP contribution is -2.50. The highest BCUT2D eigenvalue weighted by molar-refractivity contribution is 5.89. The first-order valence-corrected chi connectivity index (χ1v) is 25.6. The van der Waals surface area contributed by atoms with Crippen LogP contribution in [0.15, 0.2) is 66.7 Å². The number of nitrogens with one attached hydrogen (secondary N) is 1. The van der Waals surface area contributed by atoms with Crippen molar-refractivity contribution in [1.29, 1.82) is 0 Å². The van der Waals surface area contributed by atoms with E-state index in [0.717, 1.165) is 49.2 Å². The Morgan fingerprint density at radius 1 is 0.704 bits per heavy atom. The minimum absolute atomic E-state index is 0.175. The number of hydrogen-bond acceptors (Lipinski definition) is 13. The number of allylic oxidation sites excluding steroid dienone is 2. The van der Waals surface area contributed by atoms with Gasteiger partial charge in [-0.25, -0.2) is 4.79 Å². The van der Waals surface area contributed by atoms with Gasteiger partial charge in [0.05, 0.1) is 74.5 Å². The lowest BCUT2D eigenvalue weighted by atomic mass is 9.91. The quantitative estimate of drug-likeness (QED) is 0.0384. The first-order chi connectivity index (χ1) is 34.7. The zero-order valence-electron chi connectivity index (χ0n) is 42.9. The van der Waals surface area contributed by atoms with Gasteiger partial charge in [0, 0.05) is 19.7 Å². The molecule has 15 heteroatoms. The predicted molar refractivity (Wildman–Crippen MR) is 270 cm³/mol. The van der Waals surface area contributed by atoms with E-state index in [-0.39, 0.29) is 18.4 Å². The lowest BCUT2D eigenvalue weighted by Gasteiger charge is -2.37. The summed E-state index contributed by atoms with van der Waals surface area (Å²) in [6.45, 7) is 5.55. The maximum Gasteiger partial charge on any atom is 0.329 e. The van der Waals surface area contributed by atoms with Crippen molar-refractivity contribution in [3.05, 3.63) is 83.4 Å². The van der Waals surface area contributed by atoms with E-state index in [2.05, 4.69) is 17.5 Å². The molecule has 6 rings (SSSR count). The molecule has 3 aromatic carbocycles. The van der Waals surface area contributed by atoms with Crippen molar-refractivity contribution in [2.45, 2.75) is 102 Å². The number of hydrogen-bond donors (Lipinski definition) is 1. The summed E-state index contributed by atoms with van der Waals surface area (Å²) in [5.74, 6) is 4.21. The van der Waals surface area contributed by atoms with E-state index in [0.29, 0.717) is 117 Å². The molecule has 0 spiro atoms. The van der Waals surface area contributed by atoms with Crippen LogP contribution >= 0.6 is 0 Å². The largest absolute Gasteiger partial charge is 0.493 e. The molecule has 3 aliphatic rings. The zero-order chi connectivity index (χ0) is 50.4. The van der Waals surface area contributed by atoms with Gasteiger partial charge in [0.15, 0.2) is 29.6 Å². The number of benzene rings is 3. The molecule has 2 aliphatic carbocycles. The number of nitrogens with zero attached hydrogens (tertiary/aromatic N) is 1. The van der Waals surface area contributed by atoms with E-state index < -0.39 is 24.0 Å². The summed E-state index contributed by atoms with van der Waals surface area (Å²) in [6.07, 6.45) is 15.0. The van der Waals surface area contributed by atoms with Gasteiger partial charge in [-0.05, 0) is 148 Å². The molecule has 1 N–H and O–H groups in total. The maximum atomic E-state index is 14.5. The molecule has 1 heterocycles. The number of methoxy groups -OCH3 is 5. The summed E-state index contributed by atoms with van der Waals surface area (Å²) in [4.78, 5) is 43.4. The van der Waals surface area contributed by atoms with Crippen molar-refractivity contribution < 1.29 is 61.8 Å². The number of carbonyl (C=O) groups excluding carboxylic acids is 3. The van der Waals surface area contributed by atoms with Crippen LogP contribution in [0.4, 0.5) is 0 Å². The molecule has 2 fully saturated rings. The molecular formula is C56H78N2O13. The third-order valence-electron chi connectivity index (χ3n) is 14.0. The molecular weight excluding hydrogens is 909 g/mol. The predicted octanol–water partition coefficient (Wildman–Crippen LogP) is 8.84. The van der Waals surface area contributed by atoms with Crippen LogP contribution in [0.25, 0.3) is 0 Å². The number of rotatable bonds is 30. The van der Waals surface area contributed by atoms with Crippen LogP contribution in [-0.2, 0) is 39.8 Å². The van der Waals surface area contributed by atoms with Gasteiger partial charge in [-0.15, -0.1) is 0 Å². The number of amides is 2. The second-order valence-corrected chi connectivity index (χ2v) is 18.4. The Bertz CT molecular complexity index is 2120. The molecule has 390 valence electrons. The highest BCUT2D eigenvalue weighted by Gasteiger charge is 2.47. The number of ether oxygens (including phenoxy) is 10. The van der Waals surface area contributed by atoms with Crippen molar-refractivity contribution in [3.8, 4) is 34.5 Å². The Labute approximate surface area is 421 Å². The van der Waals surface area contributed by atoms with E-state index in [1.54, 1.807) is 43.4 Å². The zero-order valence-corrected chi connectivity index (χ0v) is 42.9. The Kier molecular flexibility index (Phi) is 22.5. The van der Waals surface area contributed by atoms with Crippen LogP contribution in [0.3, 0.4) is 0 Å². The van der Waals surface area contributed by atoms with Crippen molar-refractivity contribution in [1.82, 2.24) is 10.2 Å². The number of fused-ring (bicyclic) bond motifs is 1. The number of carbonyl (C=O) groups is 3. The number of aryl methyl sites for hydroxylation is 1. The van der Waals surface area contributed by atoms with Crippen LogP contribution in [0, 0.1) is 17.8 Å². The molecule has 1 aliphatic heterocycles. The van der Waals surface area contributed by atoms with Gasteiger partial charge in [-0.3, -0.25) is 9.59 Å². The summed E-state index contributed by atoms with van der Waals surface area (Å²) < 4.78 is 57.2. The van der Waals surface area contributed by atoms with E-state index in [1.807, 2.05) is 37.3 Å². The van der Waals surface area contributed by atoms with E-state index in [9.17, 15) is 14.4 Å². The number of likely N-dealkylation sites (tertiary alicyclic amines) is 1. The smallest absolute Gasteiger partial charge is 0.329 e. The molecule has 1 unspecified atom stereocenters. The van der Waals surface area contributed by atoms with Crippen LogP contribution in [0.2, 0.25) is 0 Å². The summed E-state index contributed by atoms with van der Waals surface area (Å²) in [7, 11) is 7.78. The van der Waals surface area contributed by atoms with Crippen LogP contribution in [0.5, 0.6) is 34.5 Å². The first-order valence-electron chi connectivity index (χ1n) is 25.6. The van der Waals surface area contributed by atoms with Crippen LogP contribution < -0.4 is 33.7 Å². The molecule has 2 amide bonds. The Hall–Kier alpha value is -5.51. The van der Waals surface area contributed by atoms with Crippen LogP contribution in [-0.4, -0.2) is 124 Å². The molecule has 3 aromatic rings. The molecule has 0 aromatic heterocycles. The minimum atomic E-state index is -0.793. The Morgan fingerprint density at radius 2 is 1.38 bits per heavy atom. The van der Waals surface area contributed by atoms with E-state index in [1.165, 1.54) is 53.4 Å². The molecule has 1 saturated heterocycles. The molecule has 71 heavy (non-hydrogen) atoms. The molecule has 1 saturated carbocycles. The Morgan fingerprint density at radius 3 is 2.04 bits per heavy atom. The minimum Gasteiger partial charge on any atom is -0.493 e. The fraction of sp³-hybridized carbons (Fsp3) is 0.589. The topological polar surface area (TPSA) is 159 Å². The molecule has 0 bridgehead atoms. The van der Waals surface area contributed by atoms with Gasteiger partial charge in [0.1, 0.15) is 17.9 Å². The monoisotopic (exact) mass is 987 g/mol. The average molecular weight is 987 g/mol. The van der Waals surface area contributed by atoms with Crippen molar-refractivity contribution in [3.63, 3.8) is 0 Å². The summed E-state index contributed by atoms with van der Waals surface area (Å²) in [6, 6.07) is 15.7. The SMILES string of the molecule is CC[C@H](C(=O)N1CCCC[C@H]1C(=O)O[C@H](CCc1ccc(OC)c(OC)c1)c1cccc(OCC(=O)NCCOCCOCCOCCCC2[C@H]3CC/C=C\CC[C@@H]23)c1)c1cc(OC)c(OC)c(OC)c1. The molecule has 0 radical (unpaired) electrons. The van der Waals surface area contributed by atoms with Gasteiger partial charge in [-0.1, -0.05) is 37.3 Å². The van der Waals surface area contributed by atoms with Gasteiger partial charge in [0.2, 0.25) is 11.7 Å². The number of esters is 1. The van der Waals surface area contributed by atoms with Crippen molar-refractivity contribution in [2.24, 2.45) is 17.8 Å². The lowest BCUT2D eigenvalue weighted by molar-refractivity contribution is -0.162. The normalized spacial score (nSPS) is 19.7. The highest BCUT2D eigenvalue weighted by Crippen LogP contribution is 2.55. The second-order valence-electron chi connectivity index (χ2n) is 18.4. The maximum absolute atomic E-state index is 14.5. The standard InChI is InChI=1S/C56H78N2O13/c1-7-43(41-36-51(64-4)54(66-6)52(37-41)65-5)55(60)58-27-13-12-21-47(58)56(61)71-48(24-22-39-23-25-49(62-2)50(34-39)63-3)40-16-14-17-42(35-40)70-38-53(59)57-26-29-68-31-33-69-32-30-67-28-15-20-46-44-18-10-8-9-11-19-45(44)46/h8-9,14,16-17,23,25,34-37,43-48H,7,10-13,15,18-22,24,26-33,38H2,1-6H3,(H,57,59)/b9-8-/t43-,44-,45+,46?,47-,48+/m0/s1. The second kappa shape index (κ2) is 29.1. The summed E-state index contributed by atoms with van der Waals surface area (Å²) >= 11 is 0. The van der Waals surface area contributed by atoms with Crippen LogP contribution in [0.1, 0.15) is 106 Å². The Balaban J connectivity index is 0.980. The van der Waals surface area contributed by atoms with Gasteiger partial charge >= 0.3 is 5.97 Å². The van der Waals surface area contributed by atoms with E-state index >= 15 is 0 Å². The highest BCUT2D eigenvalue weighted by atomic mass is 16.6. The molecule has 6 atom stereocenters. The average Bonchev–Trinajstić information content (AvgIpc) is 4.05. The van der Waals surface area contributed by atoms with Gasteiger partial charge in [0.25, 0.3) is 5.91 Å². The third-order valence-corrected chi connectivity index (χ3v) is 14.0. The number of piperidine rings is 1. The van der Waals surface area contributed by atoms with Gasteiger partial charge < -0.3 is 57.6 Å². The van der Waals surface area contributed by atoms with E-state index in [4.69, 9.17) is 47.4 Å². The van der Waals surface area contributed by atoms with Gasteiger partial charge in [-0.2, -0.15) is 0 Å². The van der Waals surface area contributed by atoms with Crippen molar-refractivity contribution >= 4 is 17.8 Å². The van der Waals surface area contributed by atoms with Crippen molar-refractivity contribution in [2.75, 3.05) is 94.9 Å².